The summed E-state index contributed by atoms with van der Waals surface area (Å²) >= 11 is 7.63. The van der Waals surface area contributed by atoms with Gasteiger partial charge in [-0.2, -0.15) is 0 Å². The Morgan fingerprint density at radius 3 is 2.50 bits per heavy atom. The number of benzene rings is 3. The number of halogens is 1. The first-order valence-electron chi connectivity index (χ1n) is 11.3. The van der Waals surface area contributed by atoms with Gasteiger partial charge in [0.1, 0.15) is 0 Å². The number of carbonyl (C=O) groups is 1. The molecule has 0 bridgehead atoms. The molecule has 0 radical (unpaired) electrons. The van der Waals surface area contributed by atoms with Gasteiger partial charge >= 0.3 is 0 Å². The van der Waals surface area contributed by atoms with E-state index >= 15 is 0 Å². The van der Waals surface area contributed by atoms with Crippen LogP contribution in [0.2, 0.25) is 5.02 Å². The van der Waals surface area contributed by atoms with E-state index in [9.17, 15) is 4.79 Å². The Kier molecular flexibility index (Phi) is 7.00. The van der Waals surface area contributed by atoms with Crippen molar-refractivity contribution in [3.8, 4) is 0 Å². The Bertz CT molecular complexity index is 1280. The van der Waals surface area contributed by atoms with Crippen LogP contribution in [-0.4, -0.2) is 46.9 Å². The van der Waals surface area contributed by atoms with Gasteiger partial charge in [-0.3, -0.25) is 14.7 Å². The molecule has 1 fully saturated rings. The minimum absolute atomic E-state index is 0.0832. The molecular weight excluding hydrogens is 464 g/mol. The average Bonchev–Trinajstić information content (AvgIpc) is 2.88. The molecule has 172 valence electrons. The third-order valence-corrected chi connectivity index (χ3v) is 7.08. The van der Waals surface area contributed by atoms with Gasteiger partial charge in [0.15, 0.2) is 0 Å². The van der Waals surface area contributed by atoms with E-state index in [1.807, 2.05) is 65.7 Å². The lowest BCUT2D eigenvalue weighted by Crippen LogP contribution is -2.48. The smallest absolute Gasteiger partial charge is 0.253 e. The fourth-order valence-electron chi connectivity index (χ4n) is 4.14. The summed E-state index contributed by atoms with van der Waals surface area (Å²) in [6.07, 6.45) is 1.81. The molecular formula is C27H25ClN4OS. The molecule has 1 aliphatic rings. The molecule has 0 aliphatic carbocycles. The van der Waals surface area contributed by atoms with Gasteiger partial charge in [0.05, 0.1) is 10.4 Å². The van der Waals surface area contributed by atoms with Crippen molar-refractivity contribution in [2.45, 2.75) is 11.4 Å². The van der Waals surface area contributed by atoms with E-state index in [2.05, 4.69) is 38.9 Å². The first kappa shape index (κ1) is 22.7. The van der Waals surface area contributed by atoms with Gasteiger partial charge in [0.2, 0.25) is 0 Å². The van der Waals surface area contributed by atoms with Crippen LogP contribution in [0.5, 0.6) is 0 Å². The maximum atomic E-state index is 13.0. The second kappa shape index (κ2) is 10.5. The number of hydrogen-bond acceptors (Lipinski definition) is 5. The SMILES string of the molecule is O=C(c1ccc(NSc2cccc3cccnc23)cc1)N1CCN(Cc2cccc(Cl)c2)CC1. The van der Waals surface area contributed by atoms with E-state index in [-0.39, 0.29) is 5.91 Å². The van der Waals surface area contributed by atoms with Crippen molar-refractivity contribution in [1.29, 1.82) is 0 Å². The first-order chi connectivity index (χ1) is 16.7. The molecule has 0 atom stereocenters. The number of fused-ring (bicyclic) bond motifs is 1. The third-order valence-electron chi connectivity index (χ3n) is 5.96. The predicted molar refractivity (Wildman–Crippen MR) is 140 cm³/mol. The van der Waals surface area contributed by atoms with Crippen molar-refractivity contribution < 1.29 is 4.79 Å². The topological polar surface area (TPSA) is 48.5 Å². The monoisotopic (exact) mass is 488 g/mol. The Morgan fingerprint density at radius 1 is 0.941 bits per heavy atom. The number of nitrogens with zero attached hydrogens (tertiary/aromatic N) is 3. The lowest BCUT2D eigenvalue weighted by atomic mass is 10.1. The number of nitrogens with one attached hydrogen (secondary N) is 1. The largest absolute Gasteiger partial charge is 0.336 e. The molecule has 1 amide bonds. The number of aromatic nitrogens is 1. The fraction of sp³-hybridized carbons (Fsp3) is 0.185. The second-order valence-electron chi connectivity index (χ2n) is 8.31. The van der Waals surface area contributed by atoms with E-state index in [1.165, 1.54) is 17.5 Å². The van der Waals surface area contributed by atoms with Crippen LogP contribution < -0.4 is 4.72 Å². The van der Waals surface area contributed by atoms with E-state index in [0.29, 0.717) is 5.56 Å². The summed E-state index contributed by atoms with van der Waals surface area (Å²) in [5.74, 6) is 0.0832. The van der Waals surface area contributed by atoms with E-state index in [0.717, 1.165) is 59.2 Å². The molecule has 7 heteroatoms. The summed E-state index contributed by atoms with van der Waals surface area (Å²) in [5, 5.41) is 1.87. The van der Waals surface area contributed by atoms with Gasteiger partial charge in [-0.05, 0) is 66.0 Å². The number of para-hydroxylation sites is 1. The van der Waals surface area contributed by atoms with E-state index < -0.39 is 0 Å². The highest BCUT2D eigenvalue weighted by Gasteiger charge is 2.22. The summed E-state index contributed by atoms with van der Waals surface area (Å²) in [4.78, 5) is 22.9. The molecule has 2 heterocycles. The second-order valence-corrected chi connectivity index (χ2v) is 9.60. The molecule has 1 N–H and O–H groups in total. The molecule has 1 saturated heterocycles. The lowest BCUT2D eigenvalue weighted by molar-refractivity contribution is 0.0628. The Balaban J connectivity index is 1.15. The average molecular weight is 489 g/mol. The van der Waals surface area contributed by atoms with Crippen LogP contribution in [0.25, 0.3) is 10.9 Å². The van der Waals surface area contributed by atoms with Gasteiger partial charge in [-0.1, -0.05) is 41.9 Å². The fourth-order valence-corrected chi connectivity index (χ4v) is 5.13. The zero-order valence-electron chi connectivity index (χ0n) is 18.7. The lowest BCUT2D eigenvalue weighted by Gasteiger charge is -2.34. The van der Waals surface area contributed by atoms with Crippen molar-refractivity contribution in [3.05, 3.63) is 101 Å². The Morgan fingerprint density at radius 2 is 1.71 bits per heavy atom. The zero-order valence-corrected chi connectivity index (χ0v) is 20.2. The van der Waals surface area contributed by atoms with Gasteiger partial charge in [0, 0.05) is 60.6 Å². The predicted octanol–water partition coefficient (Wildman–Crippen LogP) is 5.97. The maximum absolute atomic E-state index is 13.0. The molecule has 1 aromatic heterocycles. The van der Waals surface area contributed by atoms with Gasteiger partial charge in [-0.15, -0.1) is 0 Å². The molecule has 5 nitrogen and oxygen atoms in total. The number of pyridine rings is 1. The summed E-state index contributed by atoms with van der Waals surface area (Å²) in [6, 6.07) is 25.8. The maximum Gasteiger partial charge on any atom is 0.253 e. The standard InChI is InChI=1S/C27H25ClN4OS/c28-23-7-1-4-20(18-23)19-31-14-16-32(17-15-31)27(33)22-9-11-24(12-10-22)30-34-25-8-2-5-21-6-3-13-29-26(21)25/h1-13,18,30H,14-17,19H2. The number of rotatable bonds is 6. The number of piperazine rings is 1. The number of amides is 1. The number of hydrogen-bond donors (Lipinski definition) is 1. The summed E-state index contributed by atoms with van der Waals surface area (Å²) in [6.45, 7) is 4.01. The van der Waals surface area contributed by atoms with Gasteiger partial charge < -0.3 is 9.62 Å². The van der Waals surface area contributed by atoms with Crippen LogP contribution in [-0.2, 0) is 6.54 Å². The van der Waals surface area contributed by atoms with Crippen molar-refractivity contribution in [2.75, 3.05) is 30.9 Å². The van der Waals surface area contributed by atoms with Crippen molar-refractivity contribution in [2.24, 2.45) is 0 Å². The highest BCUT2D eigenvalue weighted by molar-refractivity contribution is 8.00. The molecule has 34 heavy (non-hydrogen) atoms. The van der Waals surface area contributed by atoms with Gasteiger partial charge in [0.25, 0.3) is 5.91 Å². The number of anilines is 1. The normalized spacial score (nSPS) is 14.3. The zero-order chi connectivity index (χ0) is 23.3. The van der Waals surface area contributed by atoms with Crippen molar-refractivity contribution >= 4 is 46.0 Å². The molecule has 0 unspecified atom stereocenters. The molecule has 1 aliphatic heterocycles. The molecule has 5 rings (SSSR count). The summed E-state index contributed by atoms with van der Waals surface area (Å²) in [5.41, 5.74) is 3.84. The molecule has 0 saturated carbocycles. The van der Waals surface area contributed by atoms with E-state index in [4.69, 9.17) is 11.6 Å². The van der Waals surface area contributed by atoms with Crippen LogP contribution in [0, 0.1) is 0 Å². The van der Waals surface area contributed by atoms with E-state index in [1.54, 1.807) is 0 Å². The van der Waals surface area contributed by atoms with Crippen LogP contribution >= 0.6 is 23.5 Å². The highest BCUT2D eigenvalue weighted by Crippen LogP contribution is 2.27. The molecule has 4 aromatic rings. The summed E-state index contributed by atoms with van der Waals surface area (Å²) < 4.78 is 3.37. The van der Waals surface area contributed by atoms with Gasteiger partial charge in [-0.25, -0.2) is 0 Å². The minimum Gasteiger partial charge on any atom is -0.336 e. The highest BCUT2D eigenvalue weighted by atomic mass is 35.5. The quantitative estimate of drug-likeness (QED) is 0.339. The minimum atomic E-state index is 0.0832. The Labute approximate surface area is 208 Å². The van der Waals surface area contributed by atoms with Crippen LogP contribution in [0.1, 0.15) is 15.9 Å². The summed E-state index contributed by atoms with van der Waals surface area (Å²) in [7, 11) is 0. The first-order valence-corrected chi connectivity index (χ1v) is 12.5. The van der Waals surface area contributed by atoms with Crippen molar-refractivity contribution in [3.63, 3.8) is 0 Å². The van der Waals surface area contributed by atoms with Crippen molar-refractivity contribution in [1.82, 2.24) is 14.8 Å². The Hall–Kier alpha value is -3.06. The van der Waals surface area contributed by atoms with Crippen LogP contribution in [0.3, 0.4) is 0 Å². The third kappa shape index (κ3) is 5.36. The van der Waals surface area contributed by atoms with Crippen LogP contribution in [0.15, 0.2) is 90.0 Å². The molecule has 0 spiro atoms. The van der Waals surface area contributed by atoms with Crippen LogP contribution in [0.4, 0.5) is 5.69 Å². The molecule has 3 aromatic carbocycles. The number of carbonyl (C=O) groups excluding carboxylic acids is 1.